The van der Waals surface area contributed by atoms with Crippen molar-refractivity contribution in [3.05, 3.63) is 59.7 Å². The Hall–Kier alpha value is -2.00. The van der Waals surface area contributed by atoms with Crippen LogP contribution in [0.5, 0.6) is 11.5 Å². The predicted octanol–water partition coefficient (Wildman–Crippen LogP) is 6.01. The molecule has 3 nitrogen and oxygen atoms in total. The summed E-state index contributed by atoms with van der Waals surface area (Å²) >= 11 is 0. The molecule has 0 saturated carbocycles. The first-order chi connectivity index (χ1) is 14.2. The largest absolute Gasteiger partial charge is 0.493 e. The number of benzene rings is 2. The third-order valence-corrected chi connectivity index (χ3v) is 5.97. The quantitative estimate of drug-likeness (QED) is 0.545. The second-order valence-electron chi connectivity index (χ2n) is 7.75. The molecule has 0 aliphatic carbocycles. The van der Waals surface area contributed by atoms with Gasteiger partial charge in [-0.25, -0.2) is 0 Å². The molecule has 0 amide bonds. The van der Waals surface area contributed by atoms with E-state index in [4.69, 9.17) is 9.47 Å². The molecular weight excluding hydrogens is 358 g/mol. The molecule has 0 radical (unpaired) electrons. The number of aryl methyl sites for hydroxylation is 2. The van der Waals surface area contributed by atoms with Crippen molar-refractivity contribution in [2.45, 2.75) is 52.4 Å². The van der Waals surface area contributed by atoms with Crippen LogP contribution in [0.1, 0.15) is 50.7 Å². The van der Waals surface area contributed by atoms with E-state index in [1.807, 2.05) is 36.4 Å². The number of ether oxygens (including phenoxy) is 2. The molecule has 3 rings (SSSR count). The highest BCUT2D eigenvalue weighted by molar-refractivity contribution is 5.47. The molecule has 2 aromatic carbocycles. The molecule has 1 aliphatic heterocycles. The molecule has 0 aromatic heterocycles. The van der Waals surface area contributed by atoms with Gasteiger partial charge in [0.05, 0.1) is 14.2 Å². The van der Waals surface area contributed by atoms with Crippen LogP contribution in [0.25, 0.3) is 0 Å². The highest BCUT2D eigenvalue weighted by Gasteiger charge is 2.18. The lowest BCUT2D eigenvalue weighted by Gasteiger charge is -2.31. The Morgan fingerprint density at radius 3 is 1.79 bits per heavy atom. The van der Waals surface area contributed by atoms with Crippen molar-refractivity contribution >= 4 is 0 Å². The fourth-order valence-electron chi connectivity index (χ4n) is 4.08. The van der Waals surface area contributed by atoms with E-state index in [1.54, 1.807) is 14.2 Å². The van der Waals surface area contributed by atoms with Gasteiger partial charge >= 0.3 is 0 Å². The van der Waals surface area contributed by atoms with E-state index in [-0.39, 0.29) is 0 Å². The Labute approximate surface area is 178 Å². The first kappa shape index (κ1) is 23.3. The van der Waals surface area contributed by atoms with Crippen molar-refractivity contribution in [2.24, 2.45) is 5.92 Å². The second-order valence-corrected chi connectivity index (χ2v) is 7.75. The normalized spacial score (nSPS) is 14.8. The smallest absolute Gasteiger partial charge is 0.161 e. The number of hydrogen-bond donors (Lipinski definition) is 0. The van der Waals surface area contributed by atoms with Gasteiger partial charge in [-0.05, 0) is 80.9 Å². The highest BCUT2D eigenvalue weighted by atomic mass is 16.5. The molecule has 29 heavy (non-hydrogen) atoms. The lowest BCUT2D eigenvalue weighted by Crippen LogP contribution is -2.33. The molecule has 1 heterocycles. The zero-order chi connectivity index (χ0) is 20.9. The lowest BCUT2D eigenvalue weighted by molar-refractivity contribution is 0.185. The summed E-state index contributed by atoms with van der Waals surface area (Å²) in [6.07, 6.45) is 7.58. The van der Waals surface area contributed by atoms with E-state index in [2.05, 4.69) is 30.9 Å². The number of likely N-dealkylation sites (tertiary alicyclic amines) is 1. The molecule has 0 N–H and O–H groups in total. The van der Waals surface area contributed by atoms with Crippen LogP contribution in [0.3, 0.4) is 0 Å². The zero-order valence-corrected chi connectivity index (χ0v) is 18.8. The molecule has 2 aromatic rings. The number of methoxy groups -OCH3 is 2. The van der Waals surface area contributed by atoms with E-state index >= 15 is 0 Å². The molecule has 0 spiro atoms. The Morgan fingerprint density at radius 2 is 1.34 bits per heavy atom. The lowest BCUT2D eigenvalue weighted by atomic mass is 9.90. The summed E-state index contributed by atoms with van der Waals surface area (Å²) in [7, 11) is 3.42. The van der Waals surface area contributed by atoms with Gasteiger partial charge in [-0.15, -0.1) is 0 Å². The van der Waals surface area contributed by atoms with E-state index < -0.39 is 0 Å². The third-order valence-electron chi connectivity index (χ3n) is 5.97. The molecule has 0 atom stereocenters. The van der Waals surface area contributed by atoms with Crippen molar-refractivity contribution in [3.8, 4) is 11.5 Å². The van der Waals surface area contributed by atoms with Crippen LogP contribution in [0.15, 0.2) is 48.5 Å². The Balaban J connectivity index is 0.000000426. The van der Waals surface area contributed by atoms with E-state index in [0.29, 0.717) is 0 Å². The number of rotatable bonds is 8. The topological polar surface area (TPSA) is 21.7 Å². The maximum absolute atomic E-state index is 5.47. The van der Waals surface area contributed by atoms with Gasteiger partial charge in [-0.1, -0.05) is 56.7 Å². The van der Waals surface area contributed by atoms with Crippen LogP contribution in [0, 0.1) is 5.92 Å². The summed E-state index contributed by atoms with van der Waals surface area (Å²) in [6.45, 7) is 8.27. The van der Waals surface area contributed by atoms with Crippen LogP contribution < -0.4 is 9.47 Å². The molecule has 0 unspecified atom stereocenters. The first-order valence-electron chi connectivity index (χ1n) is 11.2. The number of hydrogen-bond acceptors (Lipinski definition) is 3. The zero-order valence-electron chi connectivity index (χ0n) is 18.8. The van der Waals surface area contributed by atoms with Crippen molar-refractivity contribution < 1.29 is 9.47 Å². The van der Waals surface area contributed by atoms with Crippen molar-refractivity contribution in [2.75, 3.05) is 33.9 Å². The van der Waals surface area contributed by atoms with Crippen LogP contribution in [-0.4, -0.2) is 38.8 Å². The van der Waals surface area contributed by atoms with Gasteiger partial charge in [0.25, 0.3) is 0 Å². The minimum atomic E-state index is 0.847. The van der Waals surface area contributed by atoms with Crippen LogP contribution in [-0.2, 0) is 12.8 Å². The fourth-order valence-corrected chi connectivity index (χ4v) is 4.08. The minimum Gasteiger partial charge on any atom is -0.493 e. The standard InChI is InChI=1S/C20H33NO2.C6H6/c1-5-17-14-19(22-3)20(23-4)15-18(17)9-7-8-16-10-12-21(6-2)13-11-16;1-2-4-6-5-3-1/h14-16H,5-13H2,1-4H3;1-6H. The highest BCUT2D eigenvalue weighted by Crippen LogP contribution is 2.32. The summed E-state index contributed by atoms with van der Waals surface area (Å²) in [6, 6.07) is 16.3. The van der Waals surface area contributed by atoms with Gasteiger partial charge in [0.15, 0.2) is 11.5 Å². The maximum Gasteiger partial charge on any atom is 0.161 e. The van der Waals surface area contributed by atoms with Gasteiger partial charge in [-0.2, -0.15) is 0 Å². The van der Waals surface area contributed by atoms with E-state index in [0.717, 1.165) is 30.3 Å². The molecule has 0 bridgehead atoms. The number of piperidine rings is 1. The van der Waals surface area contributed by atoms with Gasteiger partial charge in [0.1, 0.15) is 0 Å². The van der Waals surface area contributed by atoms with Crippen molar-refractivity contribution in [1.29, 1.82) is 0 Å². The molecule has 1 aliphatic rings. The van der Waals surface area contributed by atoms with Crippen LogP contribution in [0.4, 0.5) is 0 Å². The Morgan fingerprint density at radius 1 is 0.828 bits per heavy atom. The van der Waals surface area contributed by atoms with E-state index in [9.17, 15) is 0 Å². The molecule has 1 saturated heterocycles. The van der Waals surface area contributed by atoms with Crippen molar-refractivity contribution in [1.82, 2.24) is 4.90 Å². The summed E-state index contributed by atoms with van der Waals surface area (Å²) in [4.78, 5) is 2.57. The average Bonchev–Trinajstić information content (AvgIpc) is 2.80. The molecule has 3 heteroatoms. The van der Waals surface area contributed by atoms with E-state index in [1.165, 1.54) is 56.4 Å². The fraction of sp³-hybridized carbons (Fsp3) is 0.538. The average molecular weight is 398 g/mol. The summed E-state index contributed by atoms with van der Waals surface area (Å²) < 4.78 is 10.9. The minimum absolute atomic E-state index is 0.847. The number of nitrogens with zero attached hydrogens (tertiary/aromatic N) is 1. The maximum atomic E-state index is 5.47. The summed E-state index contributed by atoms with van der Waals surface area (Å²) in [5.74, 6) is 2.62. The SMILES string of the molecule is CCc1cc(OC)c(OC)cc1CCCC1CCN(CC)CC1.c1ccccc1. The van der Waals surface area contributed by atoms with Gasteiger partial charge in [0, 0.05) is 0 Å². The second kappa shape index (κ2) is 13.3. The summed E-state index contributed by atoms with van der Waals surface area (Å²) in [5.41, 5.74) is 2.82. The Bertz CT molecular complexity index is 652. The van der Waals surface area contributed by atoms with Crippen molar-refractivity contribution in [3.63, 3.8) is 0 Å². The summed E-state index contributed by atoms with van der Waals surface area (Å²) in [5, 5.41) is 0. The third kappa shape index (κ3) is 7.74. The predicted molar refractivity (Wildman–Crippen MR) is 123 cm³/mol. The molecular formula is C26H39NO2. The first-order valence-corrected chi connectivity index (χ1v) is 11.2. The molecule has 1 fully saturated rings. The van der Waals surface area contributed by atoms with Crippen LogP contribution in [0.2, 0.25) is 0 Å². The van der Waals surface area contributed by atoms with Gasteiger partial charge in [-0.3, -0.25) is 0 Å². The Kier molecular flexibility index (Phi) is 10.6. The van der Waals surface area contributed by atoms with Gasteiger partial charge < -0.3 is 14.4 Å². The van der Waals surface area contributed by atoms with Gasteiger partial charge in [0.2, 0.25) is 0 Å². The molecule has 160 valence electrons. The van der Waals surface area contributed by atoms with Crippen LogP contribution >= 0.6 is 0 Å². The monoisotopic (exact) mass is 397 g/mol.